The highest BCUT2D eigenvalue weighted by molar-refractivity contribution is 5.67. The van der Waals surface area contributed by atoms with Crippen LogP contribution in [-0.4, -0.2) is 23.3 Å². The largest absolute Gasteiger partial charge is 0.445 e. The maximum absolute atomic E-state index is 11.7. The Kier molecular flexibility index (Phi) is 5.83. The molecule has 1 aliphatic carbocycles. The number of nitrogens with one attached hydrogen (secondary N) is 1. The molecule has 122 valence electrons. The van der Waals surface area contributed by atoms with E-state index in [1.54, 1.807) is 0 Å². The normalized spacial score (nSPS) is 22.1. The second-order valence-electron chi connectivity index (χ2n) is 6.81. The fraction of sp³-hybridized carbons (Fsp3) is 0.611. The fourth-order valence-corrected chi connectivity index (χ4v) is 3.07. The van der Waals surface area contributed by atoms with E-state index in [0.29, 0.717) is 25.0 Å². The standard InChI is InChI=1S/C18H27NO3/c1-18(2,21)16-10-8-14(9-11-16)12-19-17(20)22-13-15-6-4-3-5-7-15/h3-7,14,16,21H,8-13H2,1-2H3,(H,19,20). The van der Waals surface area contributed by atoms with Crippen molar-refractivity contribution in [3.05, 3.63) is 35.9 Å². The van der Waals surface area contributed by atoms with E-state index in [2.05, 4.69) is 5.32 Å². The Balaban J connectivity index is 1.63. The van der Waals surface area contributed by atoms with Gasteiger partial charge in [0.15, 0.2) is 0 Å². The molecule has 2 rings (SSSR count). The van der Waals surface area contributed by atoms with Gasteiger partial charge in [-0.15, -0.1) is 0 Å². The second kappa shape index (κ2) is 7.63. The fourth-order valence-electron chi connectivity index (χ4n) is 3.07. The van der Waals surface area contributed by atoms with Gasteiger partial charge in [-0.3, -0.25) is 0 Å². The summed E-state index contributed by atoms with van der Waals surface area (Å²) in [7, 11) is 0. The minimum Gasteiger partial charge on any atom is -0.445 e. The molecule has 1 aromatic carbocycles. The van der Waals surface area contributed by atoms with Crippen molar-refractivity contribution in [2.75, 3.05) is 6.54 Å². The second-order valence-corrected chi connectivity index (χ2v) is 6.81. The van der Waals surface area contributed by atoms with Gasteiger partial charge in [-0.1, -0.05) is 30.3 Å². The van der Waals surface area contributed by atoms with Gasteiger partial charge in [0, 0.05) is 6.54 Å². The highest BCUT2D eigenvalue weighted by Crippen LogP contribution is 2.34. The van der Waals surface area contributed by atoms with Crippen molar-refractivity contribution in [1.29, 1.82) is 0 Å². The monoisotopic (exact) mass is 305 g/mol. The number of hydrogen-bond acceptors (Lipinski definition) is 3. The Morgan fingerprint density at radius 3 is 2.45 bits per heavy atom. The van der Waals surface area contributed by atoms with Crippen molar-refractivity contribution < 1.29 is 14.6 Å². The van der Waals surface area contributed by atoms with E-state index in [-0.39, 0.29) is 6.09 Å². The van der Waals surface area contributed by atoms with Gasteiger partial charge in [-0.25, -0.2) is 4.79 Å². The van der Waals surface area contributed by atoms with E-state index in [1.807, 2.05) is 44.2 Å². The van der Waals surface area contributed by atoms with Crippen LogP contribution in [0, 0.1) is 11.8 Å². The van der Waals surface area contributed by atoms with E-state index in [0.717, 1.165) is 31.2 Å². The molecule has 0 heterocycles. The minimum atomic E-state index is -0.590. The zero-order chi connectivity index (χ0) is 16.0. The Morgan fingerprint density at radius 2 is 1.86 bits per heavy atom. The number of rotatable bonds is 5. The number of amides is 1. The van der Waals surface area contributed by atoms with Gasteiger partial charge in [-0.05, 0) is 56.9 Å². The van der Waals surface area contributed by atoms with E-state index in [4.69, 9.17) is 4.74 Å². The molecule has 0 radical (unpaired) electrons. The number of ether oxygens (including phenoxy) is 1. The summed E-state index contributed by atoms with van der Waals surface area (Å²) >= 11 is 0. The molecule has 0 spiro atoms. The van der Waals surface area contributed by atoms with Gasteiger partial charge in [-0.2, -0.15) is 0 Å². The molecule has 1 saturated carbocycles. The molecule has 0 aromatic heterocycles. The first-order valence-corrected chi connectivity index (χ1v) is 8.12. The van der Waals surface area contributed by atoms with Gasteiger partial charge in [0.1, 0.15) is 6.61 Å². The third kappa shape index (κ3) is 5.34. The van der Waals surface area contributed by atoms with Gasteiger partial charge in [0.2, 0.25) is 0 Å². The molecule has 0 unspecified atom stereocenters. The first-order chi connectivity index (χ1) is 10.4. The summed E-state index contributed by atoms with van der Waals surface area (Å²) in [5.74, 6) is 0.858. The lowest BCUT2D eigenvalue weighted by Crippen LogP contribution is -2.37. The molecule has 1 amide bonds. The highest BCUT2D eigenvalue weighted by atomic mass is 16.5. The molecule has 22 heavy (non-hydrogen) atoms. The smallest absolute Gasteiger partial charge is 0.407 e. The predicted octanol–water partition coefficient (Wildman–Crippen LogP) is 3.49. The lowest BCUT2D eigenvalue weighted by molar-refractivity contribution is -0.00582. The van der Waals surface area contributed by atoms with Gasteiger partial charge in [0.05, 0.1) is 5.60 Å². The SMILES string of the molecule is CC(C)(O)C1CCC(CNC(=O)OCc2ccccc2)CC1. The molecule has 4 heteroatoms. The molecular formula is C18H27NO3. The third-order valence-electron chi connectivity index (χ3n) is 4.59. The number of hydrogen-bond donors (Lipinski definition) is 2. The molecule has 0 saturated heterocycles. The van der Waals surface area contributed by atoms with Gasteiger partial charge >= 0.3 is 6.09 Å². The van der Waals surface area contributed by atoms with Crippen molar-refractivity contribution in [2.45, 2.75) is 51.7 Å². The average molecular weight is 305 g/mol. The number of benzene rings is 1. The van der Waals surface area contributed by atoms with E-state index < -0.39 is 5.60 Å². The number of carbonyl (C=O) groups is 1. The van der Waals surface area contributed by atoms with Crippen LogP contribution >= 0.6 is 0 Å². The lowest BCUT2D eigenvalue weighted by atomic mass is 9.75. The van der Waals surface area contributed by atoms with Crippen molar-refractivity contribution >= 4 is 6.09 Å². The van der Waals surface area contributed by atoms with Crippen LogP contribution in [0.25, 0.3) is 0 Å². The topological polar surface area (TPSA) is 58.6 Å². The molecule has 2 N–H and O–H groups in total. The van der Waals surface area contributed by atoms with Crippen LogP contribution in [-0.2, 0) is 11.3 Å². The van der Waals surface area contributed by atoms with E-state index in [1.165, 1.54) is 0 Å². The zero-order valence-electron chi connectivity index (χ0n) is 13.5. The van der Waals surface area contributed by atoms with Crippen LogP contribution in [0.2, 0.25) is 0 Å². The molecule has 4 nitrogen and oxygen atoms in total. The van der Waals surface area contributed by atoms with Crippen LogP contribution in [0.15, 0.2) is 30.3 Å². The van der Waals surface area contributed by atoms with Crippen LogP contribution in [0.5, 0.6) is 0 Å². The first kappa shape index (κ1) is 16.8. The average Bonchev–Trinajstić information content (AvgIpc) is 2.51. The quantitative estimate of drug-likeness (QED) is 0.875. The third-order valence-corrected chi connectivity index (χ3v) is 4.59. The summed E-state index contributed by atoms with van der Waals surface area (Å²) in [5, 5.41) is 12.9. The predicted molar refractivity (Wildman–Crippen MR) is 86.4 cm³/mol. The zero-order valence-corrected chi connectivity index (χ0v) is 13.5. The van der Waals surface area contributed by atoms with Crippen molar-refractivity contribution in [3.8, 4) is 0 Å². The Labute approximate surface area is 132 Å². The van der Waals surface area contributed by atoms with Crippen molar-refractivity contribution in [3.63, 3.8) is 0 Å². The number of aliphatic hydroxyl groups is 1. The molecule has 1 fully saturated rings. The van der Waals surface area contributed by atoms with Crippen molar-refractivity contribution in [1.82, 2.24) is 5.32 Å². The molecule has 1 aromatic rings. The summed E-state index contributed by atoms with van der Waals surface area (Å²) in [4.78, 5) is 11.7. The summed E-state index contributed by atoms with van der Waals surface area (Å²) in [6.45, 7) is 4.73. The number of alkyl carbamates (subject to hydrolysis) is 1. The summed E-state index contributed by atoms with van der Waals surface area (Å²) in [6.07, 6.45) is 3.79. The van der Waals surface area contributed by atoms with Crippen LogP contribution in [0.4, 0.5) is 4.79 Å². The number of carbonyl (C=O) groups excluding carboxylic acids is 1. The lowest BCUT2D eigenvalue weighted by Gasteiger charge is -2.35. The maximum atomic E-state index is 11.7. The Morgan fingerprint density at radius 1 is 1.23 bits per heavy atom. The summed E-state index contributed by atoms with van der Waals surface area (Å²) in [5.41, 5.74) is 0.399. The highest BCUT2D eigenvalue weighted by Gasteiger charge is 2.31. The molecule has 1 aliphatic rings. The molecule has 0 aliphatic heterocycles. The molecule has 0 atom stereocenters. The van der Waals surface area contributed by atoms with Gasteiger partial charge in [0.25, 0.3) is 0 Å². The van der Waals surface area contributed by atoms with Crippen molar-refractivity contribution in [2.24, 2.45) is 11.8 Å². The summed E-state index contributed by atoms with van der Waals surface area (Å²) < 4.78 is 5.20. The van der Waals surface area contributed by atoms with E-state index in [9.17, 15) is 9.90 Å². The molecular weight excluding hydrogens is 278 g/mol. The van der Waals surface area contributed by atoms with Gasteiger partial charge < -0.3 is 15.2 Å². The van der Waals surface area contributed by atoms with Crippen LogP contribution in [0.1, 0.15) is 45.1 Å². The van der Waals surface area contributed by atoms with Crippen LogP contribution < -0.4 is 5.32 Å². The van der Waals surface area contributed by atoms with Crippen LogP contribution in [0.3, 0.4) is 0 Å². The van der Waals surface area contributed by atoms with E-state index >= 15 is 0 Å². The Hall–Kier alpha value is -1.55. The first-order valence-electron chi connectivity index (χ1n) is 8.12. The maximum Gasteiger partial charge on any atom is 0.407 e. The molecule has 0 bridgehead atoms. The summed E-state index contributed by atoms with van der Waals surface area (Å²) in [6, 6.07) is 9.67. The Bertz CT molecular complexity index is 459. The minimum absolute atomic E-state index is 0.304.